The van der Waals surface area contributed by atoms with Crippen molar-refractivity contribution in [3.05, 3.63) is 40.7 Å². The van der Waals surface area contributed by atoms with Crippen LogP contribution in [0.1, 0.15) is 31.1 Å². The Hall–Kier alpha value is -1.39. The number of alkyl halides is 1. The highest BCUT2D eigenvalue weighted by Crippen LogP contribution is 2.36. The van der Waals surface area contributed by atoms with E-state index in [-0.39, 0.29) is 0 Å². The molecule has 0 N–H and O–H groups in total. The van der Waals surface area contributed by atoms with Crippen LogP contribution < -0.4 is 9.47 Å². The van der Waals surface area contributed by atoms with Gasteiger partial charge in [-0.2, -0.15) is 5.10 Å². The molecule has 1 aromatic carbocycles. The third-order valence-electron chi connectivity index (χ3n) is 3.02. The Morgan fingerprint density at radius 1 is 1.33 bits per heavy atom. The Labute approximate surface area is 134 Å². The van der Waals surface area contributed by atoms with E-state index in [0.29, 0.717) is 35.1 Å². The van der Waals surface area contributed by atoms with E-state index in [4.69, 9.17) is 32.7 Å². The molecule has 0 radical (unpaired) electrons. The first kappa shape index (κ1) is 16.0. The molecule has 2 rings (SSSR count). The minimum Gasteiger partial charge on any atom is -0.493 e. The normalized spacial score (nSPS) is 11.0. The number of halogens is 2. The van der Waals surface area contributed by atoms with Gasteiger partial charge in [0.15, 0.2) is 11.5 Å². The molecule has 0 unspecified atom stereocenters. The lowest BCUT2D eigenvalue weighted by Crippen LogP contribution is -2.04. The zero-order valence-corrected chi connectivity index (χ0v) is 13.8. The molecule has 6 heteroatoms. The predicted molar refractivity (Wildman–Crippen MR) is 84.5 cm³/mol. The summed E-state index contributed by atoms with van der Waals surface area (Å²) in [5.41, 5.74) is 1.64. The molecular weight excluding hydrogens is 311 g/mol. The third kappa shape index (κ3) is 3.83. The van der Waals surface area contributed by atoms with E-state index < -0.39 is 0 Å². The van der Waals surface area contributed by atoms with Crippen LogP contribution in [0.25, 0.3) is 0 Å². The molecule has 0 saturated heterocycles. The van der Waals surface area contributed by atoms with Gasteiger partial charge in [0, 0.05) is 28.9 Å². The number of hydrogen-bond donors (Lipinski definition) is 0. The summed E-state index contributed by atoms with van der Waals surface area (Å²) in [4.78, 5) is 0. The summed E-state index contributed by atoms with van der Waals surface area (Å²) < 4.78 is 13.0. The zero-order chi connectivity index (χ0) is 15.4. The van der Waals surface area contributed by atoms with Crippen LogP contribution in [0.5, 0.6) is 11.5 Å². The predicted octanol–water partition coefficient (Wildman–Crippen LogP) is 4.44. The van der Waals surface area contributed by atoms with Crippen molar-refractivity contribution >= 4 is 23.2 Å². The number of benzene rings is 1. The topological polar surface area (TPSA) is 36.3 Å². The van der Waals surface area contributed by atoms with Gasteiger partial charge in [-0.3, -0.25) is 4.68 Å². The molecule has 0 aliphatic heterocycles. The second-order valence-corrected chi connectivity index (χ2v) is 5.60. The SMILES string of the molecule is COc1cc(Cl)cc(CCl)c1OCc1ccn(C(C)C)n1. The molecule has 1 aromatic heterocycles. The molecule has 0 aliphatic carbocycles. The Morgan fingerprint density at radius 2 is 2.10 bits per heavy atom. The fourth-order valence-electron chi connectivity index (χ4n) is 1.93. The van der Waals surface area contributed by atoms with Crippen molar-refractivity contribution in [2.45, 2.75) is 32.4 Å². The molecule has 0 aliphatic rings. The maximum Gasteiger partial charge on any atom is 0.166 e. The number of aromatic nitrogens is 2. The highest BCUT2D eigenvalue weighted by molar-refractivity contribution is 6.31. The van der Waals surface area contributed by atoms with Gasteiger partial charge in [-0.25, -0.2) is 0 Å². The van der Waals surface area contributed by atoms with E-state index in [1.807, 2.05) is 16.9 Å². The minimum atomic E-state index is 0.298. The van der Waals surface area contributed by atoms with Crippen molar-refractivity contribution in [1.82, 2.24) is 9.78 Å². The highest BCUT2D eigenvalue weighted by atomic mass is 35.5. The second kappa shape index (κ2) is 7.05. The molecule has 4 nitrogen and oxygen atoms in total. The van der Waals surface area contributed by atoms with E-state index in [9.17, 15) is 0 Å². The molecular formula is C15H18Cl2N2O2. The molecule has 2 aromatic rings. The van der Waals surface area contributed by atoms with Crippen molar-refractivity contribution in [3.8, 4) is 11.5 Å². The van der Waals surface area contributed by atoms with Crippen LogP contribution in [0.4, 0.5) is 0 Å². The van der Waals surface area contributed by atoms with Gasteiger partial charge < -0.3 is 9.47 Å². The fourth-order valence-corrected chi connectivity index (χ4v) is 2.35. The summed E-state index contributed by atoms with van der Waals surface area (Å²) in [5, 5.41) is 5.01. The average Bonchev–Trinajstić information content (AvgIpc) is 2.94. The molecule has 114 valence electrons. The van der Waals surface area contributed by atoms with E-state index >= 15 is 0 Å². The van der Waals surface area contributed by atoms with Gasteiger partial charge in [0.1, 0.15) is 6.61 Å². The van der Waals surface area contributed by atoms with E-state index in [1.165, 1.54) is 0 Å². The van der Waals surface area contributed by atoms with E-state index in [0.717, 1.165) is 11.3 Å². The minimum absolute atomic E-state index is 0.298. The van der Waals surface area contributed by atoms with Crippen molar-refractivity contribution in [3.63, 3.8) is 0 Å². The van der Waals surface area contributed by atoms with Crippen LogP contribution in [-0.4, -0.2) is 16.9 Å². The molecule has 0 atom stereocenters. The Balaban J connectivity index is 2.18. The summed E-state index contributed by atoms with van der Waals surface area (Å²) in [6.45, 7) is 4.50. The van der Waals surface area contributed by atoms with Gasteiger partial charge in [-0.15, -0.1) is 11.6 Å². The summed E-state index contributed by atoms with van der Waals surface area (Å²) in [5.74, 6) is 1.48. The van der Waals surface area contributed by atoms with Gasteiger partial charge in [0.2, 0.25) is 0 Å². The molecule has 21 heavy (non-hydrogen) atoms. The summed E-state index contributed by atoms with van der Waals surface area (Å²) in [6.07, 6.45) is 1.94. The molecule has 1 heterocycles. The van der Waals surface area contributed by atoms with Crippen LogP contribution in [0.15, 0.2) is 24.4 Å². The van der Waals surface area contributed by atoms with Crippen molar-refractivity contribution in [1.29, 1.82) is 0 Å². The van der Waals surface area contributed by atoms with Gasteiger partial charge in [-0.1, -0.05) is 11.6 Å². The van der Waals surface area contributed by atoms with Crippen LogP contribution in [0.2, 0.25) is 5.02 Å². The molecule has 0 fully saturated rings. The quantitative estimate of drug-likeness (QED) is 0.735. The van der Waals surface area contributed by atoms with Crippen LogP contribution >= 0.6 is 23.2 Å². The lowest BCUT2D eigenvalue weighted by atomic mass is 10.2. The first-order chi connectivity index (χ1) is 10.0. The van der Waals surface area contributed by atoms with E-state index in [1.54, 1.807) is 19.2 Å². The van der Waals surface area contributed by atoms with Gasteiger partial charge in [0.05, 0.1) is 18.7 Å². The Morgan fingerprint density at radius 3 is 2.67 bits per heavy atom. The largest absolute Gasteiger partial charge is 0.493 e. The average molecular weight is 329 g/mol. The van der Waals surface area contributed by atoms with Crippen LogP contribution in [0.3, 0.4) is 0 Å². The Kier molecular flexibility index (Phi) is 5.37. The molecule has 0 bridgehead atoms. The second-order valence-electron chi connectivity index (χ2n) is 4.90. The monoisotopic (exact) mass is 328 g/mol. The number of ether oxygens (including phenoxy) is 2. The number of hydrogen-bond acceptors (Lipinski definition) is 3. The fraction of sp³-hybridized carbons (Fsp3) is 0.400. The van der Waals surface area contributed by atoms with Gasteiger partial charge in [0.25, 0.3) is 0 Å². The first-order valence-electron chi connectivity index (χ1n) is 6.64. The zero-order valence-electron chi connectivity index (χ0n) is 12.3. The van der Waals surface area contributed by atoms with Crippen molar-refractivity contribution < 1.29 is 9.47 Å². The maximum atomic E-state index is 6.02. The number of nitrogens with zero attached hydrogens (tertiary/aromatic N) is 2. The smallest absolute Gasteiger partial charge is 0.166 e. The van der Waals surface area contributed by atoms with Crippen molar-refractivity contribution in [2.24, 2.45) is 0 Å². The summed E-state index contributed by atoms with van der Waals surface area (Å²) in [6, 6.07) is 5.74. The lowest BCUT2D eigenvalue weighted by molar-refractivity contribution is 0.276. The molecule has 0 saturated carbocycles. The molecule has 0 amide bonds. The van der Waals surface area contributed by atoms with Crippen LogP contribution in [0, 0.1) is 0 Å². The number of rotatable bonds is 6. The van der Waals surface area contributed by atoms with Crippen LogP contribution in [-0.2, 0) is 12.5 Å². The summed E-state index contributed by atoms with van der Waals surface area (Å²) in [7, 11) is 1.57. The third-order valence-corrected chi connectivity index (χ3v) is 3.52. The first-order valence-corrected chi connectivity index (χ1v) is 7.55. The van der Waals surface area contributed by atoms with Crippen molar-refractivity contribution in [2.75, 3.05) is 7.11 Å². The Bertz CT molecular complexity index is 586. The maximum absolute atomic E-state index is 6.02. The highest BCUT2D eigenvalue weighted by Gasteiger charge is 2.13. The van der Waals surface area contributed by atoms with E-state index in [2.05, 4.69) is 18.9 Å². The standard InChI is InChI=1S/C15H18Cl2N2O2/c1-10(2)19-5-4-13(18-19)9-21-15-11(8-16)6-12(17)7-14(15)20-3/h4-7,10H,8-9H2,1-3H3. The molecule has 0 spiro atoms. The lowest BCUT2D eigenvalue weighted by Gasteiger charge is -2.14. The van der Waals surface area contributed by atoms with Gasteiger partial charge in [-0.05, 0) is 26.0 Å². The summed E-state index contributed by atoms with van der Waals surface area (Å²) >= 11 is 12.0. The van der Waals surface area contributed by atoms with Gasteiger partial charge >= 0.3 is 0 Å². The number of methoxy groups -OCH3 is 1.